The molecule has 0 saturated carbocycles. The molecule has 1 aliphatic rings. The Morgan fingerprint density at radius 1 is 1.33 bits per heavy atom. The molecule has 21 heavy (non-hydrogen) atoms. The van der Waals surface area contributed by atoms with Gasteiger partial charge in [0, 0.05) is 23.7 Å². The highest BCUT2D eigenvalue weighted by Gasteiger charge is 2.22. The molecule has 1 heterocycles. The van der Waals surface area contributed by atoms with E-state index in [0.29, 0.717) is 6.04 Å². The SMILES string of the molecule is CCCC1CCCCN1CCC(NC)c1ccccc1Cl. The van der Waals surface area contributed by atoms with Crippen LogP contribution in [-0.4, -0.2) is 31.1 Å². The van der Waals surface area contributed by atoms with Crippen LogP contribution in [0.15, 0.2) is 24.3 Å². The van der Waals surface area contributed by atoms with Crippen molar-refractivity contribution in [1.29, 1.82) is 0 Å². The lowest BCUT2D eigenvalue weighted by Crippen LogP contribution is -2.41. The van der Waals surface area contributed by atoms with Crippen LogP contribution < -0.4 is 5.32 Å². The molecule has 0 radical (unpaired) electrons. The molecule has 2 atom stereocenters. The molecular weight excluding hydrogens is 280 g/mol. The zero-order valence-corrected chi connectivity index (χ0v) is 14.2. The second-order valence-electron chi connectivity index (χ2n) is 6.13. The summed E-state index contributed by atoms with van der Waals surface area (Å²) in [5.74, 6) is 0. The molecule has 1 fully saturated rings. The predicted octanol–water partition coefficient (Wildman–Crippen LogP) is 4.65. The van der Waals surface area contributed by atoms with Crippen LogP contribution in [0.3, 0.4) is 0 Å². The Labute approximate surface area is 134 Å². The van der Waals surface area contributed by atoms with Crippen LogP contribution in [0.25, 0.3) is 0 Å². The molecule has 2 unspecified atom stereocenters. The van der Waals surface area contributed by atoms with E-state index in [9.17, 15) is 0 Å². The lowest BCUT2D eigenvalue weighted by molar-refractivity contribution is 0.133. The standard InChI is InChI=1S/C18H29ClN2/c1-3-8-15-9-6-7-13-21(15)14-12-18(20-2)16-10-4-5-11-17(16)19/h4-5,10-11,15,18,20H,3,6-9,12-14H2,1-2H3. The van der Waals surface area contributed by atoms with Crippen LogP contribution in [0.2, 0.25) is 5.02 Å². The van der Waals surface area contributed by atoms with E-state index in [2.05, 4.69) is 29.3 Å². The first-order chi connectivity index (χ1) is 10.3. The smallest absolute Gasteiger partial charge is 0.0453 e. The summed E-state index contributed by atoms with van der Waals surface area (Å²) in [4.78, 5) is 2.70. The van der Waals surface area contributed by atoms with Gasteiger partial charge >= 0.3 is 0 Å². The van der Waals surface area contributed by atoms with Gasteiger partial charge in [-0.3, -0.25) is 0 Å². The number of piperidine rings is 1. The third kappa shape index (κ3) is 4.70. The molecule has 0 amide bonds. The zero-order chi connectivity index (χ0) is 15.1. The quantitative estimate of drug-likeness (QED) is 0.789. The number of halogens is 1. The Bertz CT molecular complexity index is 419. The number of nitrogens with one attached hydrogen (secondary N) is 1. The number of rotatable bonds is 7. The van der Waals surface area contributed by atoms with Gasteiger partial charge < -0.3 is 10.2 Å². The third-order valence-corrected chi connectivity index (χ3v) is 5.05. The van der Waals surface area contributed by atoms with E-state index in [0.717, 1.165) is 17.5 Å². The molecule has 0 bridgehead atoms. The fourth-order valence-electron chi connectivity index (χ4n) is 3.52. The van der Waals surface area contributed by atoms with E-state index in [1.807, 2.05) is 19.2 Å². The van der Waals surface area contributed by atoms with Crippen LogP contribution >= 0.6 is 11.6 Å². The van der Waals surface area contributed by atoms with Gasteiger partial charge in [0.15, 0.2) is 0 Å². The van der Waals surface area contributed by atoms with Crippen LogP contribution in [0, 0.1) is 0 Å². The lowest BCUT2D eigenvalue weighted by atomic mass is 9.96. The molecule has 3 heteroatoms. The molecule has 2 rings (SSSR count). The first kappa shape index (κ1) is 16.8. The second kappa shape index (κ2) is 8.77. The van der Waals surface area contributed by atoms with Gasteiger partial charge in [-0.05, 0) is 50.9 Å². The Morgan fingerprint density at radius 2 is 2.14 bits per heavy atom. The normalized spacial score (nSPS) is 21.4. The monoisotopic (exact) mass is 308 g/mol. The summed E-state index contributed by atoms with van der Waals surface area (Å²) >= 11 is 6.34. The molecule has 0 aromatic heterocycles. The summed E-state index contributed by atoms with van der Waals surface area (Å²) in [5, 5.41) is 4.31. The van der Waals surface area contributed by atoms with Crippen LogP contribution in [-0.2, 0) is 0 Å². The summed E-state index contributed by atoms with van der Waals surface area (Å²) in [5.41, 5.74) is 1.23. The highest BCUT2D eigenvalue weighted by Crippen LogP contribution is 2.27. The molecule has 1 saturated heterocycles. The van der Waals surface area contributed by atoms with Crippen molar-refractivity contribution in [2.75, 3.05) is 20.1 Å². The molecular formula is C18H29ClN2. The first-order valence-electron chi connectivity index (χ1n) is 8.42. The molecule has 0 aliphatic carbocycles. The summed E-state index contributed by atoms with van der Waals surface area (Å²) in [6, 6.07) is 9.35. The molecule has 1 N–H and O–H groups in total. The first-order valence-corrected chi connectivity index (χ1v) is 8.79. The van der Waals surface area contributed by atoms with Gasteiger partial charge in [-0.15, -0.1) is 0 Å². The average molecular weight is 309 g/mol. The molecule has 118 valence electrons. The van der Waals surface area contributed by atoms with E-state index in [1.54, 1.807) is 0 Å². The fraction of sp³-hybridized carbons (Fsp3) is 0.667. The Balaban J connectivity index is 1.94. The number of likely N-dealkylation sites (tertiary alicyclic amines) is 1. The summed E-state index contributed by atoms with van der Waals surface area (Å²) < 4.78 is 0. The molecule has 0 spiro atoms. The Kier molecular flexibility index (Phi) is 7.01. The van der Waals surface area contributed by atoms with Crippen molar-refractivity contribution in [3.05, 3.63) is 34.9 Å². The maximum absolute atomic E-state index is 6.34. The van der Waals surface area contributed by atoms with E-state index >= 15 is 0 Å². The second-order valence-corrected chi connectivity index (χ2v) is 6.53. The molecule has 1 aliphatic heterocycles. The fourth-order valence-corrected chi connectivity index (χ4v) is 3.79. The summed E-state index contributed by atoms with van der Waals surface area (Å²) in [6.07, 6.45) is 7.90. The van der Waals surface area contributed by atoms with Crippen molar-refractivity contribution in [3.63, 3.8) is 0 Å². The minimum absolute atomic E-state index is 0.350. The van der Waals surface area contributed by atoms with Gasteiger partial charge in [0.1, 0.15) is 0 Å². The van der Waals surface area contributed by atoms with E-state index in [-0.39, 0.29) is 0 Å². The minimum Gasteiger partial charge on any atom is -0.313 e. The number of nitrogens with zero attached hydrogens (tertiary/aromatic N) is 1. The van der Waals surface area contributed by atoms with Crippen molar-refractivity contribution in [2.24, 2.45) is 0 Å². The molecule has 1 aromatic carbocycles. The summed E-state index contributed by atoms with van der Waals surface area (Å²) in [6.45, 7) is 4.73. The van der Waals surface area contributed by atoms with Gasteiger partial charge in [-0.1, -0.05) is 49.6 Å². The highest BCUT2D eigenvalue weighted by molar-refractivity contribution is 6.31. The van der Waals surface area contributed by atoms with Crippen molar-refractivity contribution in [2.45, 2.75) is 57.5 Å². The maximum Gasteiger partial charge on any atom is 0.0453 e. The van der Waals surface area contributed by atoms with Crippen LogP contribution in [0.1, 0.15) is 57.1 Å². The highest BCUT2D eigenvalue weighted by atomic mass is 35.5. The van der Waals surface area contributed by atoms with E-state index in [1.165, 1.54) is 50.8 Å². The van der Waals surface area contributed by atoms with Gasteiger partial charge in [-0.25, -0.2) is 0 Å². The van der Waals surface area contributed by atoms with Gasteiger partial charge in [-0.2, -0.15) is 0 Å². The summed E-state index contributed by atoms with van der Waals surface area (Å²) in [7, 11) is 2.04. The minimum atomic E-state index is 0.350. The predicted molar refractivity (Wildman–Crippen MR) is 92.0 cm³/mol. The maximum atomic E-state index is 6.34. The van der Waals surface area contributed by atoms with Crippen LogP contribution in [0.4, 0.5) is 0 Å². The van der Waals surface area contributed by atoms with Gasteiger partial charge in [0.05, 0.1) is 0 Å². The van der Waals surface area contributed by atoms with E-state index < -0.39 is 0 Å². The van der Waals surface area contributed by atoms with E-state index in [4.69, 9.17) is 11.6 Å². The largest absolute Gasteiger partial charge is 0.313 e. The topological polar surface area (TPSA) is 15.3 Å². The lowest BCUT2D eigenvalue weighted by Gasteiger charge is -2.36. The van der Waals surface area contributed by atoms with Crippen molar-refractivity contribution in [1.82, 2.24) is 10.2 Å². The van der Waals surface area contributed by atoms with Crippen LogP contribution in [0.5, 0.6) is 0 Å². The molecule has 1 aromatic rings. The Morgan fingerprint density at radius 3 is 2.86 bits per heavy atom. The van der Waals surface area contributed by atoms with Crippen molar-refractivity contribution < 1.29 is 0 Å². The average Bonchev–Trinajstić information content (AvgIpc) is 2.51. The third-order valence-electron chi connectivity index (χ3n) is 4.71. The number of hydrogen-bond acceptors (Lipinski definition) is 2. The van der Waals surface area contributed by atoms with Crippen molar-refractivity contribution in [3.8, 4) is 0 Å². The number of hydrogen-bond donors (Lipinski definition) is 1. The molecule has 2 nitrogen and oxygen atoms in total. The van der Waals surface area contributed by atoms with Gasteiger partial charge in [0.2, 0.25) is 0 Å². The van der Waals surface area contributed by atoms with Crippen molar-refractivity contribution >= 4 is 11.6 Å². The zero-order valence-electron chi connectivity index (χ0n) is 13.4. The number of benzene rings is 1. The Hall–Kier alpha value is -0.570. The van der Waals surface area contributed by atoms with Gasteiger partial charge in [0.25, 0.3) is 0 Å².